The first-order valence-electron chi connectivity index (χ1n) is 4.84. The minimum atomic E-state index is 1.02. The molecule has 1 saturated carbocycles. The van der Waals surface area contributed by atoms with Gasteiger partial charge in [0, 0.05) is 0 Å². The summed E-state index contributed by atoms with van der Waals surface area (Å²) in [4.78, 5) is 0. The Hall–Kier alpha value is 0. The molecule has 0 amide bonds. The Labute approximate surface area is 65.0 Å². The van der Waals surface area contributed by atoms with Crippen molar-refractivity contribution < 1.29 is 0 Å². The van der Waals surface area contributed by atoms with E-state index in [9.17, 15) is 0 Å². The van der Waals surface area contributed by atoms with Gasteiger partial charge in [-0.05, 0) is 11.8 Å². The fourth-order valence-corrected chi connectivity index (χ4v) is 2.19. The molecule has 0 aliphatic heterocycles. The van der Waals surface area contributed by atoms with Gasteiger partial charge in [-0.1, -0.05) is 52.4 Å². The number of hydrogen-bond donors (Lipinski definition) is 0. The van der Waals surface area contributed by atoms with Crippen LogP contribution in [0.1, 0.15) is 52.4 Å². The molecule has 10 heavy (non-hydrogen) atoms. The van der Waals surface area contributed by atoms with Crippen LogP contribution in [0.2, 0.25) is 0 Å². The maximum Gasteiger partial charge on any atom is -0.0389 e. The predicted octanol–water partition coefficient (Wildman–Crippen LogP) is 3.61. The van der Waals surface area contributed by atoms with Crippen molar-refractivity contribution in [3.05, 3.63) is 0 Å². The van der Waals surface area contributed by atoms with Crippen LogP contribution >= 0.6 is 0 Å². The molecule has 0 saturated heterocycles. The second-order valence-corrected chi connectivity index (χ2v) is 3.81. The fraction of sp³-hybridized carbons (Fsp3) is 1.00. The number of rotatable bonds is 2. The Morgan fingerprint density at radius 3 is 2.50 bits per heavy atom. The Bertz CT molecular complexity index is 84.0. The van der Waals surface area contributed by atoms with E-state index in [0.717, 1.165) is 11.8 Å². The molecular weight excluding hydrogens is 120 g/mol. The van der Waals surface area contributed by atoms with Gasteiger partial charge >= 0.3 is 0 Å². The zero-order chi connectivity index (χ0) is 7.40. The van der Waals surface area contributed by atoms with Gasteiger partial charge in [0.1, 0.15) is 0 Å². The Morgan fingerprint density at radius 1 is 1.20 bits per heavy atom. The summed E-state index contributed by atoms with van der Waals surface area (Å²) >= 11 is 0. The first-order chi connectivity index (χ1) is 4.84. The topological polar surface area (TPSA) is 0 Å². The molecule has 0 aromatic rings. The van der Waals surface area contributed by atoms with Crippen molar-refractivity contribution in [2.24, 2.45) is 11.8 Å². The van der Waals surface area contributed by atoms with Crippen LogP contribution in [0.4, 0.5) is 0 Å². The Balaban J connectivity index is 2.25. The van der Waals surface area contributed by atoms with Crippen LogP contribution < -0.4 is 0 Å². The standard InChI is InChI=1S/C10H20/c1-3-6-10-8-5-4-7-9(10)2/h9-10H,3-8H2,1-2H3/t9-,10-/m0/s1. The summed E-state index contributed by atoms with van der Waals surface area (Å²) in [5.74, 6) is 2.09. The van der Waals surface area contributed by atoms with E-state index in [-0.39, 0.29) is 0 Å². The molecule has 0 aromatic carbocycles. The first kappa shape index (κ1) is 8.10. The highest BCUT2D eigenvalue weighted by Crippen LogP contribution is 2.32. The Kier molecular flexibility index (Phi) is 3.24. The van der Waals surface area contributed by atoms with E-state index in [1.165, 1.54) is 38.5 Å². The maximum atomic E-state index is 2.43. The zero-order valence-corrected chi connectivity index (χ0v) is 7.40. The summed E-state index contributed by atoms with van der Waals surface area (Å²) in [6, 6.07) is 0. The third-order valence-electron chi connectivity index (χ3n) is 2.95. The van der Waals surface area contributed by atoms with Gasteiger partial charge < -0.3 is 0 Å². The molecule has 0 heteroatoms. The van der Waals surface area contributed by atoms with Gasteiger partial charge in [-0.25, -0.2) is 0 Å². The highest BCUT2D eigenvalue weighted by atomic mass is 14.2. The van der Waals surface area contributed by atoms with Crippen molar-refractivity contribution in [1.29, 1.82) is 0 Å². The van der Waals surface area contributed by atoms with Crippen LogP contribution in [0, 0.1) is 11.8 Å². The first-order valence-corrected chi connectivity index (χ1v) is 4.84. The van der Waals surface area contributed by atoms with Gasteiger partial charge in [-0.15, -0.1) is 0 Å². The van der Waals surface area contributed by atoms with Crippen molar-refractivity contribution >= 4 is 0 Å². The van der Waals surface area contributed by atoms with E-state index in [4.69, 9.17) is 0 Å². The smallest absolute Gasteiger partial charge is 0.0389 e. The SMILES string of the molecule is CCC[C@H]1CCCC[C@@H]1C. The van der Waals surface area contributed by atoms with Crippen LogP contribution in [0.25, 0.3) is 0 Å². The van der Waals surface area contributed by atoms with Crippen molar-refractivity contribution in [2.75, 3.05) is 0 Å². The number of hydrogen-bond acceptors (Lipinski definition) is 0. The second-order valence-electron chi connectivity index (χ2n) is 3.81. The van der Waals surface area contributed by atoms with Gasteiger partial charge in [-0.3, -0.25) is 0 Å². The summed E-state index contributed by atoms with van der Waals surface area (Å²) in [5, 5.41) is 0. The summed E-state index contributed by atoms with van der Waals surface area (Å²) in [7, 11) is 0. The van der Waals surface area contributed by atoms with E-state index < -0.39 is 0 Å². The van der Waals surface area contributed by atoms with E-state index in [1.807, 2.05) is 0 Å². The van der Waals surface area contributed by atoms with Crippen molar-refractivity contribution in [2.45, 2.75) is 52.4 Å². The van der Waals surface area contributed by atoms with Crippen LogP contribution in [0.5, 0.6) is 0 Å². The van der Waals surface area contributed by atoms with Crippen molar-refractivity contribution in [1.82, 2.24) is 0 Å². The van der Waals surface area contributed by atoms with Gasteiger partial charge in [0.2, 0.25) is 0 Å². The molecule has 0 heterocycles. The van der Waals surface area contributed by atoms with Gasteiger partial charge in [0.25, 0.3) is 0 Å². The van der Waals surface area contributed by atoms with Crippen LogP contribution in [-0.2, 0) is 0 Å². The molecule has 1 aliphatic rings. The highest BCUT2D eigenvalue weighted by Gasteiger charge is 2.19. The molecular formula is C10H20. The van der Waals surface area contributed by atoms with Gasteiger partial charge in [0.05, 0.1) is 0 Å². The molecule has 0 radical (unpaired) electrons. The summed E-state index contributed by atoms with van der Waals surface area (Å²) < 4.78 is 0. The minimum absolute atomic E-state index is 1.02. The predicted molar refractivity (Wildman–Crippen MR) is 46.0 cm³/mol. The maximum absolute atomic E-state index is 2.43. The van der Waals surface area contributed by atoms with Gasteiger partial charge in [-0.2, -0.15) is 0 Å². The summed E-state index contributed by atoms with van der Waals surface area (Å²) in [6.07, 6.45) is 8.84. The van der Waals surface area contributed by atoms with E-state index in [0.29, 0.717) is 0 Å². The minimum Gasteiger partial charge on any atom is -0.0654 e. The lowest BCUT2D eigenvalue weighted by molar-refractivity contribution is 0.240. The molecule has 60 valence electrons. The van der Waals surface area contributed by atoms with E-state index >= 15 is 0 Å². The molecule has 1 rings (SSSR count). The molecule has 1 aliphatic carbocycles. The van der Waals surface area contributed by atoms with E-state index in [2.05, 4.69) is 13.8 Å². The highest BCUT2D eigenvalue weighted by molar-refractivity contribution is 4.71. The Morgan fingerprint density at radius 2 is 1.90 bits per heavy atom. The van der Waals surface area contributed by atoms with Crippen LogP contribution in [0.3, 0.4) is 0 Å². The van der Waals surface area contributed by atoms with Gasteiger partial charge in [0.15, 0.2) is 0 Å². The van der Waals surface area contributed by atoms with Crippen molar-refractivity contribution in [3.8, 4) is 0 Å². The molecule has 0 nitrogen and oxygen atoms in total. The average Bonchev–Trinajstić information content (AvgIpc) is 1.94. The lowest BCUT2D eigenvalue weighted by atomic mass is 9.78. The molecule has 0 aromatic heterocycles. The zero-order valence-electron chi connectivity index (χ0n) is 7.40. The molecule has 0 bridgehead atoms. The normalized spacial score (nSPS) is 34.2. The third kappa shape index (κ3) is 2.00. The summed E-state index contributed by atoms with van der Waals surface area (Å²) in [5.41, 5.74) is 0. The van der Waals surface area contributed by atoms with Crippen LogP contribution in [-0.4, -0.2) is 0 Å². The van der Waals surface area contributed by atoms with Crippen molar-refractivity contribution in [3.63, 3.8) is 0 Å². The molecule has 0 N–H and O–H groups in total. The lowest BCUT2D eigenvalue weighted by Crippen LogP contribution is -2.15. The second kappa shape index (κ2) is 4.00. The third-order valence-corrected chi connectivity index (χ3v) is 2.95. The average molecular weight is 140 g/mol. The van der Waals surface area contributed by atoms with Crippen LogP contribution in [0.15, 0.2) is 0 Å². The largest absolute Gasteiger partial charge is 0.0654 e. The quantitative estimate of drug-likeness (QED) is 0.549. The molecule has 1 fully saturated rings. The monoisotopic (exact) mass is 140 g/mol. The molecule has 0 unspecified atom stereocenters. The van der Waals surface area contributed by atoms with E-state index in [1.54, 1.807) is 0 Å². The lowest BCUT2D eigenvalue weighted by Gasteiger charge is -2.28. The molecule has 2 atom stereocenters. The summed E-state index contributed by atoms with van der Waals surface area (Å²) in [6.45, 7) is 4.74. The molecule has 0 spiro atoms. The fourth-order valence-electron chi connectivity index (χ4n) is 2.19.